The Morgan fingerprint density at radius 3 is 2.59 bits per heavy atom. The molecule has 2 aliphatic rings. The van der Waals surface area contributed by atoms with Crippen molar-refractivity contribution in [2.24, 2.45) is 0 Å². The molecule has 29 heavy (non-hydrogen) atoms. The van der Waals surface area contributed by atoms with Gasteiger partial charge in [0.25, 0.3) is 0 Å². The summed E-state index contributed by atoms with van der Waals surface area (Å²) >= 11 is 1.58. The summed E-state index contributed by atoms with van der Waals surface area (Å²) in [7, 11) is 5.59. The zero-order valence-electron chi connectivity index (χ0n) is 18.1. The maximum Gasteiger partial charge on any atom is 0.226 e. The zero-order valence-corrected chi connectivity index (χ0v) is 18.9. The van der Waals surface area contributed by atoms with Gasteiger partial charge in [0.1, 0.15) is 5.37 Å². The fraction of sp³-hybridized carbons (Fsp3) is 0.478. The molecular weight excluding hydrogens is 384 g/mol. The summed E-state index contributed by atoms with van der Waals surface area (Å²) in [5.41, 5.74) is 2.33. The van der Waals surface area contributed by atoms with Crippen molar-refractivity contribution in [3.63, 3.8) is 0 Å². The highest BCUT2D eigenvalue weighted by Gasteiger charge is 2.39. The second kappa shape index (κ2) is 8.76. The third-order valence-corrected chi connectivity index (χ3v) is 6.93. The molecule has 0 saturated carbocycles. The van der Waals surface area contributed by atoms with E-state index in [4.69, 9.17) is 4.74 Å². The Hall–Kier alpha value is -2.05. The number of hydrogen-bond acceptors (Lipinski definition) is 6. The lowest BCUT2D eigenvalue weighted by molar-refractivity contribution is -0.116. The van der Waals surface area contributed by atoms with Crippen molar-refractivity contribution in [1.82, 2.24) is 9.80 Å². The topological polar surface area (TPSA) is 49.9 Å². The summed E-state index contributed by atoms with van der Waals surface area (Å²) in [6.07, 6.45) is 4.33. The molecule has 1 aliphatic carbocycles. The molecule has 0 radical (unpaired) electrons. The summed E-state index contributed by atoms with van der Waals surface area (Å²) in [6, 6.07) is 5.98. The molecule has 1 aliphatic heterocycles. The molecule has 2 atom stereocenters. The number of methoxy groups -OCH3 is 1. The van der Waals surface area contributed by atoms with Crippen LogP contribution >= 0.6 is 11.8 Å². The van der Waals surface area contributed by atoms with Crippen LogP contribution in [0.2, 0.25) is 0 Å². The van der Waals surface area contributed by atoms with Crippen LogP contribution in [0.4, 0.5) is 0 Å². The number of ether oxygens (including phenoxy) is 1. The Labute approximate surface area is 177 Å². The molecule has 1 aromatic carbocycles. The van der Waals surface area contributed by atoms with E-state index in [9.17, 15) is 9.59 Å². The van der Waals surface area contributed by atoms with Crippen molar-refractivity contribution in [2.45, 2.75) is 44.5 Å². The molecule has 0 saturated heterocycles. The first-order chi connectivity index (χ1) is 13.7. The van der Waals surface area contributed by atoms with E-state index in [1.807, 2.05) is 44.4 Å². The summed E-state index contributed by atoms with van der Waals surface area (Å²) < 4.78 is 5.45. The minimum absolute atomic E-state index is 0.115. The van der Waals surface area contributed by atoms with Crippen LogP contribution in [-0.4, -0.2) is 49.4 Å². The minimum Gasteiger partial charge on any atom is -0.493 e. The maximum absolute atomic E-state index is 13.3. The fourth-order valence-electron chi connectivity index (χ4n) is 3.52. The second-order valence-electron chi connectivity index (χ2n) is 8.16. The molecule has 156 valence electrons. The lowest BCUT2D eigenvalue weighted by Gasteiger charge is -2.33. The predicted octanol–water partition coefficient (Wildman–Crippen LogP) is 3.92. The fourth-order valence-corrected chi connectivity index (χ4v) is 4.91. The van der Waals surface area contributed by atoms with Gasteiger partial charge in [-0.25, -0.2) is 0 Å². The molecule has 0 aromatic heterocycles. The smallest absolute Gasteiger partial charge is 0.226 e. The largest absolute Gasteiger partial charge is 0.493 e. The first kappa shape index (κ1) is 21.7. The highest BCUT2D eigenvalue weighted by Crippen LogP contribution is 2.49. The van der Waals surface area contributed by atoms with Gasteiger partial charge >= 0.3 is 0 Å². The van der Waals surface area contributed by atoms with Gasteiger partial charge in [0.2, 0.25) is 5.43 Å². The van der Waals surface area contributed by atoms with E-state index in [1.165, 1.54) is 7.11 Å². The van der Waals surface area contributed by atoms with Gasteiger partial charge in [0, 0.05) is 29.5 Å². The van der Waals surface area contributed by atoms with Gasteiger partial charge < -0.3 is 14.5 Å². The molecule has 3 rings (SSSR count). The Morgan fingerprint density at radius 1 is 1.24 bits per heavy atom. The van der Waals surface area contributed by atoms with Gasteiger partial charge in [0.05, 0.1) is 12.8 Å². The number of thioether (sulfide) groups is 1. The number of hydrogen-bond donors (Lipinski definition) is 0. The Balaban J connectivity index is 2.12. The number of ketones is 1. The van der Waals surface area contributed by atoms with Gasteiger partial charge in [0.15, 0.2) is 11.5 Å². The molecule has 5 nitrogen and oxygen atoms in total. The number of carbonyl (C=O) groups excluding carboxylic acids is 1. The van der Waals surface area contributed by atoms with Crippen LogP contribution < -0.4 is 10.2 Å². The number of Topliss-reactive ketones (excluding diaryl/α,β-unsaturated/α-hetero) is 1. The highest BCUT2D eigenvalue weighted by atomic mass is 32.2. The average molecular weight is 415 g/mol. The van der Waals surface area contributed by atoms with Crippen molar-refractivity contribution in [3.05, 3.63) is 62.3 Å². The van der Waals surface area contributed by atoms with Crippen molar-refractivity contribution in [2.75, 3.05) is 27.7 Å². The maximum atomic E-state index is 13.3. The minimum atomic E-state index is -0.247. The number of likely N-dealkylation sites (N-methyl/N-ethyl adjacent to an activating group) is 1. The van der Waals surface area contributed by atoms with E-state index < -0.39 is 0 Å². The van der Waals surface area contributed by atoms with E-state index in [1.54, 1.807) is 11.8 Å². The van der Waals surface area contributed by atoms with Crippen LogP contribution in [0, 0.1) is 0 Å². The molecule has 0 spiro atoms. The molecule has 0 bridgehead atoms. The predicted molar refractivity (Wildman–Crippen MR) is 119 cm³/mol. The van der Waals surface area contributed by atoms with Crippen molar-refractivity contribution in [1.29, 1.82) is 0 Å². The van der Waals surface area contributed by atoms with E-state index in [-0.39, 0.29) is 28.5 Å². The molecule has 6 heteroatoms. The highest BCUT2D eigenvalue weighted by molar-refractivity contribution is 8.03. The third kappa shape index (κ3) is 4.28. The van der Waals surface area contributed by atoms with Crippen LogP contribution in [0.5, 0.6) is 5.75 Å². The van der Waals surface area contributed by atoms with Crippen molar-refractivity contribution >= 4 is 17.5 Å². The summed E-state index contributed by atoms with van der Waals surface area (Å²) in [4.78, 5) is 31.3. The van der Waals surface area contributed by atoms with Crippen molar-refractivity contribution < 1.29 is 9.53 Å². The average Bonchev–Trinajstić information content (AvgIpc) is 2.93. The summed E-state index contributed by atoms with van der Waals surface area (Å²) in [6.45, 7) is 6.99. The Morgan fingerprint density at radius 2 is 1.97 bits per heavy atom. The SMILES string of the molecule is COc1cc(C(C)C)ccc(C2SC3=C(C(=O)CC=C3)N2CC(C)N(C)C)c1=O. The van der Waals surface area contributed by atoms with Crippen LogP contribution in [0.1, 0.15) is 49.6 Å². The summed E-state index contributed by atoms with van der Waals surface area (Å²) in [5.74, 6) is 0.744. The molecule has 1 heterocycles. The van der Waals surface area contributed by atoms with Crippen LogP contribution in [0.25, 0.3) is 0 Å². The molecule has 0 N–H and O–H groups in total. The number of carbonyl (C=O) groups is 1. The zero-order chi connectivity index (χ0) is 21.3. The normalized spacial score (nSPS) is 19.9. The first-order valence-electron chi connectivity index (χ1n) is 10.0. The molecule has 0 fully saturated rings. The second-order valence-corrected chi connectivity index (χ2v) is 9.28. The van der Waals surface area contributed by atoms with Crippen molar-refractivity contribution in [3.8, 4) is 5.75 Å². The van der Waals surface area contributed by atoms with Crippen LogP contribution in [0.15, 0.2) is 45.7 Å². The standard InChI is InChI=1S/C23H30N2O3S/c1-14(2)16-10-11-17(22(27)19(12-16)28-6)23-25(13-15(3)24(4)5)21-18(26)8-7-9-20(21)29-23/h7,9-12,14-15,23H,8,13H2,1-6H3. The van der Waals surface area contributed by atoms with Crippen LogP contribution in [0.3, 0.4) is 0 Å². The molecule has 2 unspecified atom stereocenters. The monoisotopic (exact) mass is 414 g/mol. The quantitative estimate of drug-likeness (QED) is 0.703. The lowest BCUT2D eigenvalue weighted by atomic mass is 10.1. The van der Waals surface area contributed by atoms with Gasteiger partial charge in [-0.15, -0.1) is 0 Å². The van der Waals surface area contributed by atoms with E-state index >= 15 is 0 Å². The molecule has 0 amide bonds. The molecule has 1 aromatic rings. The third-order valence-electron chi connectivity index (χ3n) is 5.61. The van der Waals surface area contributed by atoms with E-state index in [0.717, 1.165) is 16.2 Å². The van der Waals surface area contributed by atoms with Gasteiger partial charge in [-0.1, -0.05) is 43.8 Å². The first-order valence-corrected chi connectivity index (χ1v) is 10.9. The lowest BCUT2D eigenvalue weighted by Crippen LogP contribution is -2.40. The number of nitrogens with zero attached hydrogens (tertiary/aromatic N) is 2. The van der Waals surface area contributed by atoms with Crippen LogP contribution in [-0.2, 0) is 4.79 Å². The van der Waals surface area contributed by atoms with Gasteiger partial charge in [-0.3, -0.25) is 9.59 Å². The van der Waals surface area contributed by atoms with E-state index in [2.05, 4.69) is 30.6 Å². The van der Waals surface area contributed by atoms with Gasteiger partial charge in [-0.05, 0) is 44.6 Å². The Bertz CT molecular complexity index is 921. The molecular formula is C23H30N2O3S. The summed E-state index contributed by atoms with van der Waals surface area (Å²) in [5, 5.41) is -0.247. The van der Waals surface area contributed by atoms with E-state index in [0.29, 0.717) is 24.3 Å². The Kier molecular flexibility index (Phi) is 6.54. The number of allylic oxidation sites excluding steroid dienone is 3. The van der Waals surface area contributed by atoms with Gasteiger partial charge in [-0.2, -0.15) is 0 Å². The number of rotatable bonds is 6.